The molecule has 20 heavy (non-hydrogen) atoms. The zero-order valence-electron chi connectivity index (χ0n) is 11.1. The van der Waals surface area contributed by atoms with Crippen LogP contribution in [0.2, 0.25) is 5.02 Å². The molecular weight excluding hydrogens is 276 g/mol. The molecule has 0 radical (unpaired) electrons. The molecule has 0 atom stereocenters. The Morgan fingerprint density at radius 1 is 1.35 bits per heavy atom. The van der Waals surface area contributed by atoms with E-state index in [2.05, 4.69) is 15.3 Å². The summed E-state index contributed by atoms with van der Waals surface area (Å²) in [6, 6.07) is 5.48. The summed E-state index contributed by atoms with van der Waals surface area (Å²) in [6.45, 7) is 1.93. The highest BCUT2D eigenvalue weighted by Gasteiger charge is 2.10. The Morgan fingerprint density at radius 2 is 2.20 bits per heavy atom. The van der Waals surface area contributed by atoms with Crippen LogP contribution in [-0.2, 0) is 0 Å². The number of nitrogens with zero attached hydrogens (tertiary/aromatic N) is 3. The van der Waals surface area contributed by atoms with Crippen molar-refractivity contribution in [3.8, 4) is 11.6 Å². The van der Waals surface area contributed by atoms with Crippen molar-refractivity contribution in [2.45, 2.75) is 6.92 Å². The third-order valence-corrected chi connectivity index (χ3v) is 3.37. The van der Waals surface area contributed by atoms with Crippen LogP contribution >= 0.6 is 11.6 Å². The number of nitrogens with one attached hydrogen (secondary N) is 1. The van der Waals surface area contributed by atoms with Crippen LogP contribution in [0.3, 0.4) is 0 Å². The summed E-state index contributed by atoms with van der Waals surface area (Å²) in [5, 5.41) is 3.70. The molecule has 1 aromatic carbocycles. The maximum absolute atomic E-state index is 6.01. The molecule has 3 rings (SSSR count). The second-order valence-corrected chi connectivity index (χ2v) is 4.76. The Kier molecular flexibility index (Phi) is 3.20. The summed E-state index contributed by atoms with van der Waals surface area (Å²) in [6.07, 6.45) is 5.40. The van der Waals surface area contributed by atoms with E-state index in [1.54, 1.807) is 19.3 Å². The number of imidazole rings is 1. The lowest BCUT2D eigenvalue weighted by Gasteiger charge is -2.09. The third-order valence-electron chi connectivity index (χ3n) is 2.94. The molecule has 0 fully saturated rings. The molecule has 5 nitrogen and oxygen atoms in total. The molecular formula is C14H13ClN4O. The molecule has 0 aliphatic heterocycles. The van der Waals surface area contributed by atoms with Crippen LogP contribution in [0.1, 0.15) is 5.56 Å². The van der Waals surface area contributed by atoms with Gasteiger partial charge in [0.2, 0.25) is 5.65 Å². The minimum absolute atomic E-state index is 0.448. The highest BCUT2D eigenvalue weighted by atomic mass is 35.5. The van der Waals surface area contributed by atoms with E-state index >= 15 is 0 Å². The highest BCUT2D eigenvalue weighted by molar-refractivity contribution is 6.31. The zero-order chi connectivity index (χ0) is 14.1. The van der Waals surface area contributed by atoms with Crippen molar-refractivity contribution in [1.29, 1.82) is 0 Å². The number of hydrogen-bond acceptors (Lipinski definition) is 4. The fraction of sp³-hybridized carbons (Fsp3) is 0.143. The molecule has 0 saturated carbocycles. The lowest BCUT2D eigenvalue weighted by Crippen LogP contribution is -1.99. The first-order valence-corrected chi connectivity index (χ1v) is 6.50. The van der Waals surface area contributed by atoms with Crippen molar-refractivity contribution in [3.05, 3.63) is 47.4 Å². The second kappa shape index (κ2) is 5.02. The molecule has 0 saturated heterocycles. The molecule has 0 bridgehead atoms. The molecule has 0 amide bonds. The molecule has 0 spiro atoms. The van der Waals surface area contributed by atoms with Gasteiger partial charge in [0.05, 0.1) is 6.20 Å². The quantitative estimate of drug-likeness (QED) is 0.801. The summed E-state index contributed by atoms with van der Waals surface area (Å²) in [4.78, 5) is 8.64. The van der Waals surface area contributed by atoms with Crippen molar-refractivity contribution < 1.29 is 4.74 Å². The number of halogens is 1. The van der Waals surface area contributed by atoms with Gasteiger partial charge in [-0.2, -0.15) is 4.98 Å². The SMILES string of the molecule is CNc1cn2ccnc2c(Oc2ccc(Cl)c(C)c2)n1. The minimum atomic E-state index is 0.448. The van der Waals surface area contributed by atoms with E-state index in [4.69, 9.17) is 16.3 Å². The van der Waals surface area contributed by atoms with Crippen LogP contribution in [0, 0.1) is 6.92 Å². The van der Waals surface area contributed by atoms with Gasteiger partial charge < -0.3 is 10.1 Å². The largest absolute Gasteiger partial charge is 0.436 e. The summed E-state index contributed by atoms with van der Waals surface area (Å²) in [7, 11) is 1.81. The fourth-order valence-corrected chi connectivity index (χ4v) is 2.00. The molecule has 2 heterocycles. The van der Waals surface area contributed by atoms with Gasteiger partial charge in [0.25, 0.3) is 5.88 Å². The first-order chi connectivity index (χ1) is 9.67. The number of fused-ring (bicyclic) bond motifs is 1. The standard InChI is InChI=1S/C14H13ClN4O/c1-9-7-10(3-4-11(9)15)20-14-13-17-5-6-19(13)8-12(16-2)18-14/h3-8,16H,1-2H3. The highest BCUT2D eigenvalue weighted by Crippen LogP contribution is 2.27. The zero-order valence-corrected chi connectivity index (χ0v) is 11.8. The monoisotopic (exact) mass is 288 g/mol. The van der Waals surface area contributed by atoms with E-state index in [0.29, 0.717) is 28.1 Å². The van der Waals surface area contributed by atoms with Crippen molar-refractivity contribution in [3.63, 3.8) is 0 Å². The first-order valence-electron chi connectivity index (χ1n) is 6.13. The number of ether oxygens (including phenoxy) is 1. The Morgan fingerprint density at radius 3 is 2.95 bits per heavy atom. The van der Waals surface area contributed by atoms with Crippen molar-refractivity contribution in [1.82, 2.24) is 14.4 Å². The van der Waals surface area contributed by atoms with Crippen LogP contribution in [0.5, 0.6) is 11.6 Å². The topological polar surface area (TPSA) is 51.5 Å². The van der Waals surface area contributed by atoms with Crippen LogP contribution in [-0.4, -0.2) is 21.4 Å². The van der Waals surface area contributed by atoms with Crippen LogP contribution in [0.4, 0.5) is 5.82 Å². The van der Waals surface area contributed by atoms with Crippen molar-refractivity contribution in [2.24, 2.45) is 0 Å². The molecule has 6 heteroatoms. The molecule has 102 valence electrons. The Balaban J connectivity index is 2.04. The Bertz CT molecular complexity index is 769. The van der Waals surface area contributed by atoms with E-state index in [9.17, 15) is 0 Å². The number of rotatable bonds is 3. The number of benzene rings is 1. The normalized spacial score (nSPS) is 10.8. The van der Waals surface area contributed by atoms with Crippen molar-refractivity contribution in [2.75, 3.05) is 12.4 Å². The summed E-state index contributed by atoms with van der Waals surface area (Å²) in [5.41, 5.74) is 1.62. The second-order valence-electron chi connectivity index (χ2n) is 4.35. The molecule has 1 N–H and O–H groups in total. The van der Waals surface area contributed by atoms with E-state index in [1.165, 1.54) is 0 Å². The molecule has 2 aromatic heterocycles. The minimum Gasteiger partial charge on any atom is -0.436 e. The van der Waals surface area contributed by atoms with Gasteiger partial charge in [-0.15, -0.1) is 0 Å². The first kappa shape index (κ1) is 12.7. The van der Waals surface area contributed by atoms with Crippen LogP contribution < -0.4 is 10.1 Å². The molecule has 0 aliphatic carbocycles. The maximum Gasteiger partial charge on any atom is 0.265 e. The maximum atomic E-state index is 6.01. The van der Waals surface area contributed by atoms with E-state index in [1.807, 2.05) is 35.9 Å². The van der Waals surface area contributed by atoms with Crippen LogP contribution in [0.15, 0.2) is 36.8 Å². The van der Waals surface area contributed by atoms with Gasteiger partial charge in [-0.25, -0.2) is 4.98 Å². The van der Waals surface area contributed by atoms with Gasteiger partial charge in [-0.05, 0) is 30.7 Å². The van der Waals surface area contributed by atoms with Gasteiger partial charge in [0, 0.05) is 24.5 Å². The summed E-state index contributed by atoms with van der Waals surface area (Å²) >= 11 is 6.01. The fourth-order valence-electron chi connectivity index (χ4n) is 1.88. The number of aromatic nitrogens is 3. The lowest BCUT2D eigenvalue weighted by atomic mass is 10.2. The van der Waals surface area contributed by atoms with E-state index in [0.717, 1.165) is 5.56 Å². The molecule has 0 unspecified atom stereocenters. The number of hydrogen-bond donors (Lipinski definition) is 1. The van der Waals surface area contributed by atoms with Crippen molar-refractivity contribution >= 4 is 23.1 Å². The lowest BCUT2D eigenvalue weighted by molar-refractivity contribution is 0.465. The van der Waals surface area contributed by atoms with Gasteiger partial charge in [0.1, 0.15) is 11.6 Å². The van der Waals surface area contributed by atoms with Gasteiger partial charge >= 0.3 is 0 Å². The third kappa shape index (κ3) is 2.28. The summed E-state index contributed by atoms with van der Waals surface area (Å²) < 4.78 is 7.69. The predicted octanol–water partition coefficient (Wildman–Crippen LogP) is 3.53. The van der Waals surface area contributed by atoms with Gasteiger partial charge in [-0.3, -0.25) is 4.40 Å². The Hall–Kier alpha value is -2.27. The molecule has 3 aromatic rings. The van der Waals surface area contributed by atoms with Gasteiger partial charge in [0.15, 0.2) is 0 Å². The summed E-state index contributed by atoms with van der Waals surface area (Å²) in [5.74, 6) is 1.83. The average Bonchev–Trinajstić information content (AvgIpc) is 2.91. The average molecular weight is 289 g/mol. The smallest absolute Gasteiger partial charge is 0.265 e. The van der Waals surface area contributed by atoms with Crippen LogP contribution in [0.25, 0.3) is 5.65 Å². The number of anilines is 1. The molecule has 0 aliphatic rings. The van der Waals surface area contributed by atoms with Gasteiger partial charge in [-0.1, -0.05) is 11.6 Å². The predicted molar refractivity (Wildman–Crippen MR) is 78.8 cm³/mol. The number of aryl methyl sites for hydroxylation is 1. The van der Waals surface area contributed by atoms with E-state index < -0.39 is 0 Å². The Labute approximate surface area is 121 Å². The van der Waals surface area contributed by atoms with E-state index in [-0.39, 0.29) is 0 Å².